The fraction of sp³-hybridized carbons (Fsp3) is 0. The molecule has 3 heterocycles. The zero-order valence-electron chi connectivity index (χ0n) is 26.3. The van der Waals surface area contributed by atoms with Gasteiger partial charge >= 0.3 is 0 Å². The Balaban J connectivity index is 0.000000246. The molecule has 0 atom stereocenters. The second-order valence-corrected chi connectivity index (χ2v) is 11.3. The van der Waals surface area contributed by atoms with Gasteiger partial charge in [0.1, 0.15) is 0 Å². The van der Waals surface area contributed by atoms with Crippen molar-refractivity contribution in [2.75, 3.05) is 0 Å². The number of imidazole rings is 1. The SMILES string of the molecule is [Ir].[c-]1ccccc1-c1ccccn1.[c-]1oc2ccc(-c3ccc(-c4ccccc4)cc3)cc2c1-c1nc2ccccc2n1-c1ccccc1. The minimum atomic E-state index is 0. The summed E-state index contributed by atoms with van der Waals surface area (Å²) in [4.78, 5) is 9.22. The number of fused-ring (bicyclic) bond motifs is 2. The van der Waals surface area contributed by atoms with Crippen molar-refractivity contribution in [3.8, 4) is 50.6 Å². The van der Waals surface area contributed by atoms with E-state index in [1.807, 2.05) is 91.0 Å². The number of para-hydroxylation sites is 3. The van der Waals surface area contributed by atoms with Gasteiger partial charge in [-0.05, 0) is 58.3 Å². The van der Waals surface area contributed by atoms with Crippen molar-refractivity contribution in [3.05, 3.63) is 188 Å². The van der Waals surface area contributed by atoms with Crippen molar-refractivity contribution < 1.29 is 24.5 Å². The molecule has 0 fully saturated rings. The number of rotatable bonds is 5. The van der Waals surface area contributed by atoms with E-state index in [1.54, 1.807) is 6.20 Å². The first-order valence-corrected chi connectivity index (χ1v) is 15.8. The second kappa shape index (κ2) is 14.5. The minimum absolute atomic E-state index is 0. The molecule has 4 nitrogen and oxygen atoms in total. The molecule has 49 heavy (non-hydrogen) atoms. The molecule has 0 N–H and O–H groups in total. The Morgan fingerprint density at radius 1 is 0.571 bits per heavy atom. The zero-order valence-corrected chi connectivity index (χ0v) is 28.7. The Bertz CT molecular complexity index is 2380. The van der Waals surface area contributed by atoms with Crippen LogP contribution in [0.5, 0.6) is 0 Å². The van der Waals surface area contributed by atoms with Crippen LogP contribution in [0.1, 0.15) is 0 Å². The third-order valence-corrected chi connectivity index (χ3v) is 8.29. The van der Waals surface area contributed by atoms with Crippen molar-refractivity contribution in [2.24, 2.45) is 0 Å². The smallest absolute Gasteiger partial charge is 0.0774 e. The van der Waals surface area contributed by atoms with Crippen LogP contribution in [-0.2, 0) is 20.1 Å². The summed E-state index contributed by atoms with van der Waals surface area (Å²) in [6.07, 6.45) is 4.94. The molecule has 0 amide bonds. The van der Waals surface area contributed by atoms with Gasteiger partial charge in [0.15, 0.2) is 0 Å². The van der Waals surface area contributed by atoms with Crippen molar-refractivity contribution in [1.29, 1.82) is 0 Å². The van der Waals surface area contributed by atoms with Gasteiger partial charge in [0.05, 0.1) is 16.9 Å². The van der Waals surface area contributed by atoms with Crippen LogP contribution in [0.4, 0.5) is 0 Å². The number of benzene rings is 6. The molecule has 1 radical (unpaired) electrons. The molecule has 3 aromatic heterocycles. The Kier molecular flexibility index (Phi) is 9.38. The van der Waals surface area contributed by atoms with E-state index in [-0.39, 0.29) is 20.1 Å². The van der Waals surface area contributed by atoms with Gasteiger partial charge in [-0.2, -0.15) is 0 Å². The fourth-order valence-corrected chi connectivity index (χ4v) is 5.91. The maximum absolute atomic E-state index is 5.88. The Morgan fingerprint density at radius 2 is 1.22 bits per heavy atom. The van der Waals surface area contributed by atoms with Crippen LogP contribution in [0.15, 0.2) is 180 Å². The first-order chi connectivity index (χ1) is 23.8. The van der Waals surface area contributed by atoms with E-state index in [1.165, 1.54) is 11.1 Å². The monoisotopic (exact) mass is 808 g/mol. The Morgan fingerprint density at radius 3 is 1.96 bits per heavy atom. The van der Waals surface area contributed by atoms with Crippen LogP contribution in [-0.4, -0.2) is 14.5 Å². The van der Waals surface area contributed by atoms with E-state index < -0.39 is 0 Å². The van der Waals surface area contributed by atoms with E-state index in [2.05, 4.69) is 101 Å². The quantitative estimate of drug-likeness (QED) is 0.163. The summed E-state index contributed by atoms with van der Waals surface area (Å²) >= 11 is 0. The Labute approximate surface area is 298 Å². The number of furan rings is 1. The predicted octanol–water partition coefficient (Wildman–Crippen LogP) is 11.1. The molecular formula is C44H29IrN3O-2. The van der Waals surface area contributed by atoms with Gasteiger partial charge in [-0.15, -0.1) is 35.9 Å². The molecule has 9 aromatic rings. The molecule has 0 spiro atoms. The van der Waals surface area contributed by atoms with E-state index >= 15 is 0 Å². The van der Waals surface area contributed by atoms with Crippen LogP contribution in [0, 0.1) is 12.3 Å². The largest absolute Gasteiger partial charge is 0.557 e. The van der Waals surface area contributed by atoms with Crippen LogP contribution in [0.25, 0.3) is 72.6 Å². The van der Waals surface area contributed by atoms with Crippen molar-refractivity contribution in [1.82, 2.24) is 14.5 Å². The van der Waals surface area contributed by atoms with E-state index in [4.69, 9.17) is 9.40 Å². The van der Waals surface area contributed by atoms with Gasteiger partial charge < -0.3 is 14.0 Å². The maximum Gasteiger partial charge on any atom is 0.0774 e. The Hall–Kier alpha value is -5.87. The second-order valence-electron chi connectivity index (χ2n) is 11.3. The molecule has 5 heteroatoms. The van der Waals surface area contributed by atoms with Crippen LogP contribution in [0.3, 0.4) is 0 Å². The van der Waals surface area contributed by atoms with Crippen molar-refractivity contribution in [3.63, 3.8) is 0 Å². The molecule has 0 aliphatic carbocycles. The van der Waals surface area contributed by atoms with Crippen LogP contribution in [0.2, 0.25) is 0 Å². The normalized spacial score (nSPS) is 10.7. The topological polar surface area (TPSA) is 43.9 Å². The van der Waals surface area contributed by atoms with Gasteiger partial charge in [-0.1, -0.05) is 126 Å². The number of nitrogens with zero attached hydrogens (tertiary/aromatic N) is 3. The third-order valence-electron chi connectivity index (χ3n) is 8.29. The average molecular weight is 808 g/mol. The van der Waals surface area contributed by atoms with Gasteiger partial charge in [0.25, 0.3) is 0 Å². The molecule has 0 unspecified atom stereocenters. The number of pyridine rings is 1. The summed E-state index contributed by atoms with van der Waals surface area (Å²) in [5.74, 6) is 0.817. The number of hydrogen-bond donors (Lipinski definition) is 0. The van der Waals surface area contributed by atoms with Gasteiger partial charge in [0, 0.05) is 43.8 Å². The minimum Gasteiger partial charge on any atom is -0.557 e. The molecule has 6 aromatic carbocycles. The summed E-state index contributed by atoms with van der Waals surface area (Å²) < 4.78 is 8.06. The zero-order chi connectivity index (χ0) is 32.1. The van der Waals surface area contributed by atoms with Gasteiger partial charge in [0.2, 0.25) is 0 Å². The van der Waals surface area contributed by atoms with E-state index in [0.717, 1.165) is 61.5 Å². The molecule has 0 aliphatic rings. The van der Waals surface area contributed by atoms with E-state index in [0.29, 0.717) is 0 Å². The molecule has 9 rings (SSSR count). The first kappa shape index (κ1) is 31.7. The van der Waals surface area contributed by atoms with Gasteiger partial charge in [-0.25, -0.2) is 0 Å². The van der Waals surface area contributed by atoms with Crippen molar-refractivity contribution >= 4 is 22.0 Å². The number of aromatic nitrogens is 3. The molecule has 0 saturated heterocycles. The summed E-state index contributed by atoms with van der Waals surface area (Å²) in [5.41, 5.74) is 11.4. The first-order valence-electron chi connectivity index (χ1n) is 15.8. The van der Waals surface area contributed by atoms with Crippen LogP contribution < -0.4 is 0 Å². The predicted molar refractivity (Wildman–Crippen MR) is 194 cm³/mol. The summed E-state index contributed by atoms with van der Waals surface area (Å²) in [7, 11) is 0. The third kappa shape index (κ3) is 6.63. The molecule has 237 valence electrons. The molecule has 0 aliphatic heterocycles. The molecule has 0 saturated carbocycles. The van der Waals surface area contributed by atoms with Gasteiger partial charge in [-0.3, -0.25) is 4.98 Å². The van der Waals surface area contributed by atoms with Crippen LogP contribution >= 0.6 is 0 Å². The van der Waals surface area contributed by atoms with E-state index in [9.17, 15) is 0 Å². The maximum atomic E-state index is 5.88. The summed E-state index contributed by atoms with van der Waals surface area (Å²) in [6.45, 7) is 0. The standard InChI is InChI=1S/C33H21N2O.C11H8N.Ir/c1-3-9-23(10-4-1)24-15-17-25(18-16-24)26-19-20-32-28(21-26)29(22-36-32)33-34-30-13-7-8-14-31(30)35(33)27-11-5-2-6-12-27;1-2-6-10(7-3-1)11-8-4-5-9-12-11;/h1-21H;1-6,8-9H;/q2*-1;. The fourth-order valence-electron chi connectivity index (χ4n) is 5.91. The molecule has 0 bridgehead atoms. The average Bonchev–Trinajstić information content (AvgIpc) is 3.78. The summed E-state index contributed by atoms with van der Waals surface area (Å²) in [6, 6.07) is 60.7. The number of hydrogen-bond acceptors (Lipinski definition) is 3. The molecular weight excluding hydrogens is 779 g/mol. The van der Waals surface area contributed by atoms with Crippen molar-refractivity contribution in [2.45, 2.75) is 0 Å². The summed E-state index contributed by atoms with van der Waals surface area (Å²) in [5, 5.41) is 0.993.